The van der Waals surface area contributed by atoms with Gasteiger partial charge in [0, 0.05) is 26.2 Å². The van der Waals surface area contributed by atoms with E-state index in [-0.39, 0.29) is 5.70 Å². The number of hydrogen-bond acceptors (Lipinski definition) is 4. The lowest BCUT2D eigenvalue weighted by atomic mass is 10.3. The van der Waals surface area contributed by atoms with Gasteiger partial charge in [-0.15, -0.1) is 0 Å². The zero-order valence-corrected chi connectivity index (χ0v) is 7.56. The molecule has 0 aromatic heterocycles. The maximum absolute atomic E-state index is 10.7. The van der Waals surface area contributed by atoms with Gasteiger partial charge < -0.3 is 20.4 Å². The third kappa shape index (κ3) is 2.74. The molecule has 6 heteroatoms. The molecule has 6 nitrogen and oxygen atoms in total. The standard InChI is InChI=1S/C8H12N2O4/c11-7(12)5-6(8(13)14)10-3-1-9-2-4-10/h5,9H,1-4H2,(H,11,12)(H,13,14). The fraction of sp³-hybridized carbons (Fsp3) is 0.500. The molecule has 0 aromatic carbocycles. The minimum Gasteiger partial charge on any atom is -0.478 e. The topological polar surface area (TPSA) is 89.9 Å². The van der Waals surface area contributed by atoms with E-state index < -0.39 is 11.9 Å². The van der Waals surface area contributed by atoms with E-state index in [1.54, 1.807) is 4.90 Å². The van der Waals surface area contributed by atoms with Gasteiger partial charge in [0.15, 0.2) is 0 Å². The van der Waals surface area contributed by atoms with E-state index in [4.69, 9.17) is 10.2 Å². The Morgan fingerprint density at radius 2 is 1.79 bits per heavy atom. The molecule has 0 atom stereocenters. The summed E-state index contributed by atoms with van der Waals surface area (Å²) in [6.07, 6.45) is 0.730. The van der Waals surface area contributed by atoms with Crippen LogP contribution >= 0.6 is 0 Å². The Hall–Kier alpha value is -1.56. The molecule has 1 heterocycles. The van der Waals surface area contributed by atoms with E-state index in [0.29, 0.717) is 26.2 Å². The van der Waals surface area contributed by atoms with Crippen molar-refractivity contribution in [2.24, 2.45) is 0 Å². The highest BCUT2D eigenvalue weighted by atomic mass is 16.4. The molecule has 0 radical (unpaired) electrons. The summed E-state index contributed by atoms with van der Waals surface area (Å²) in [5.74, 6) is -2.43. The molecule has 1 rings (SSSR count). The predicted octanol–water partition coefficient (Wildman–Crippen LogP) is -1.06. The van der Waals surface area contributed by atoms with E-state index in [0.717, 1.165) is 6.08 Å². The number of carboxylic acid groups (broad SMARTS) is 2. The highest BCUT2D eigenvalue weighted by Gasteiger charge is 2.19. The summed E-state index contributed by atoms with van der Waals surface area (Å²) in [6, 6.07) is 0. The molecule has 1 fully saturated rings. The molecule has 0 saturated carbocycles. The molecule has 0 aromatic rings. The van der Waals surface area contributed by atoms with Crippen molar-refractivity contribution in [3.63, 3.8) is 0 Å². The number of rotatable bonds is 3. The van der Waals surface area contributed by atoms with Crippen LogP contribution in [0, 0.1) is 0 Å². The van der Waals surface area contributed by atoms with Gasteiger partial charge in [-0.05, 0) is 0 Å². The summed E-state index contributed by atoms with van der Waals surface area (Å²) in [4.78, 5) is 22.7. The second kappa shape index (κ2) is 4.61. The fourth-order valence-corrected chi connectivity index (χ4v) is 1.31. The molecule has 0 aliphatic carbocycles. The molecule has 0 bridgehead atoms. The summed E-state index contributed by atoms with van der Waals surface area (Å²) >= 11 is 0. The smallest absolute Gasteiger partial charge is 0.352 e. The number of piperazine rings is 1. The molecule has 3 N–H and O–H groups in total. The van der Waals surface area contributed by atoms with Crippen LogP contribution in [-0.4, -0.2) is 53.2 Å². The van der Waals surface area contributed by atoms with Crippen LogP contribution in [0.2, 0.25) is 0 Å². The van der Waals surface area contributed by atoms with Gasteiger partial charge in [-0.1, -0.05) is 0 Å². The first-order valence-electron chi connectivity index (χ1n) is 4.25. The lowest BCUT2D eigenvalue weighted by molar-refractivity contribution is -0.136. The van der Waals surface area contributed by atoms with Crippen LogP contribution in [0.25, 0.3) is 0 Å². The van der Waals surface area contributed by atoms with Crippen LogP contribution in [0.5, 0.6) is 0 Å². The van der Waals surface area contributed by atoms with E-state index in [9.17, 15) is 9.59 Å². The third-order valence-corrected chi connectivity index (χ3v) is 1.94. The Morgan fingerprint density at radius 3 is 2.21 bits per heavy atom. The molecule has 1 saturated heterocycles. The van der Waals surface area contributed by atoms with Gasteiger partial charge in [-0.2, -0.15) is 0 Å². The number of nitrogens with one attached hydrogen (secondary N) is 1. The van der Waals surface area contributed by atoms with E-state index in [2.05, 4.69) is 5.32 Å². The first-order chi connectivity index (χ1) is 6.61. The quantitative estimate of drug-likeness (QED) is 0.503. The summed E-state index contributed by atoms with van der Waals surface area (Å²) in [6.45, 7) is 2.38. The van der Waals surface area contributed by atoms with Gasteiger partial charge in [-0.25, -0.2) is 9.59 Å². The van der Waals surface area contributed by atoms with Crippen LogP contribution in [-0.2, 0) is 9.59 Å². The molecule has 78 valence electrons. The largest absolute Gasteiger partial charge is 0.478 e. The van der Waals surface area contributed by atoms with Gasteiger partial charge in [0.05, 0.1) is 6.08 Å². The lowest BCUT2D eigenvalue weighted by Gasteiger charge is -2.29. The fourth-order valence-electron chi connectivity index (χ4n) is 1.31. The molecule has 0 unspecified atom stereocenters. The second-order valence-corrected chi connectivity index (χ2v) is 2.91. The van der Waals surface area contributed by atoms with Crippen molar-refractivity contribution in [3.05, 3.63) is 11.8 Å². The van der Waals surface area contributed by atoms with Crippen LogP contribution in [0.4, 0.5) is 0 Å². The van der Waals surface area contributed by atoms with Crippen molar-refractivity contribution in [1.29, 1.82) is 0 Å². The van der Waals surface area contributed by atoms with E-state index >= 15 is 0 Å². The third-order valence-electron chi connectivity index (χ3n) is 1.94. The van der Waals surface area contributed by atoms with Crippen molar-refractivity contribution in [2.45, 2.75) is 0 Å². The van der Waals surface area contributed by atoms with Crippen LogP contribution in [0.15, 0.2) is 11.8 Å². The van der Waals surface area contributed by atoms with Crippen LogP contribution in [0.3, 0.4) is 0 Å². The summed E-state index contributed by atoms with van der Waals surface area (Å²) in [5, 5.41) is 20.3. The van der Waals surface area contributed by atoms with Crippen LogP contribution < -0.4 is 5.32 Å². The van der Waals surface area contributed by atoms with Gasteiger partial charge in [0.25, 0.3) is 0 Å². The van der Waals surface area contributed by atoms with E-state index in [1.807, 2.05) is 0 Å². The Balaban J connectivity index is 2.76. The molecule has 1 aliphatic heterocycles. The number of nitrogens with zero attached hydrogens (tertiary/aromatic N) is 1. The Labute approximate surface area is 80.8 Å². The zero-order chi connectivity index (χ0) is 10.6. The molecular weight excluding hydrogens is 188 g/mol. The van der Waals surface area contributed by atoms with Gasteiger partial charge in [-0.3, -0.25) is 0 Å². The SMILES string of the molecule is O=C(O)C=C(C(=O)O)N1CCNCC1. The Kier molecular flexibility index (Phi) is 3.47. The van der Waals surface area contributed by atoms with Gasteiger partial charge in [0.1, 0.15) is 5.70 Å². The average molecular weight is 200 g/mol. The zero-order valence-electron chi connectivity index (χ0n) is 7.56. The summed E-state index contributed by atoms with van der Waals surface area (Å²) in [5.41, 5.74) is -0.154. The highest BCUT2D eigenvalue weighted by molar-refractivity contribution is 5.94. The van der Waals surface area contributed by atoms with Crippen molar-refractivity contribution < 1.29 is 19.8 Å². The second-order valence-electron chi connectivity index (χ2n) is 2.91. The summed E-state index contributed by atoms with van der Waals surface area (Å²) in [7, 11) is 0. The molecule has 14 heavy (non-hydrogen) atoms. The highest BCUT2D eigenvalue weighted by Crippen LogP contribution is 2.05. The monoisotopic (exact) mass is 200 g/mol. The van der Waals surface area contributed by atoms with E-state index in [1.165, 1.54) is 0 Å². The first-order valence-corrected chi connectivity index (χ1v) is 4.25. The maximum Gasteiger partial charge on any atom is 0.352 e. The summed E-state index contributed by atoms with van der Waals surface area (Å²) < 4.78 is 0. The Morgan fingerprint density at radius 1 is 1.21 bits per heavy atom. The lowest BCUT2D eigenvalue weighted by Crippen LogP contribution is -2.44. The number of hydrogen-bond donors (Lipinski definition) is 3. The normalized spacial score (nSPS) is 18.0. The predicted molar refractivity (Wildman–Crippen MR) is 47.8 cm³/mol. The molecular formula is C8H12N2O4. The molecule has 0 amide bonds. The Bertz CT molecular complexity index is 269. The minimum absolute atomic E-state index is 0.154. The van der Waals surface area contributed by atoms with Gasteiger partial charge >= 0.3 is 11.9 Å². The molecule has 0 spiro atoms. The van der Waals surface area contributed by atoms with Gasteiger partial charge in [0.2, 0.25) is 0 Å². The number of carboxylic acids is 2. The number of carbonyl (C=O) groups is 2. The average Bonchev–Trinajstić information content (AvgIpc) is 2.15. The maximum atomic E-state index is 10.7. The van der Waals surface area contributed by atoms with Crippen molar-refractivity contribution in [2.75, 3.05) is 26.2 Å². The van der Waals surface area contributed by atoms with Crippen molar-refractivity contribution in [3.8, 4) is 0 Å². The van der Waals surface area contributed by atoms with Crippen molar-refractivity contribution >= 4 is 11.9 Å². The van der Waals surface area contributed by atoms with Crippen molar-refractivity contribution in [1.82, 2.24) is 10.2 Å². The first kappa shape index (κ1) is 10.5. The number of aliphatic carboxylic acids is 2. The van der Waals surface area contributed by atoms with Crippen LogP contribution in [0.1, 0.15) is 0 Å². The molecule has 1 aliphatic rings. The minimum atomic E-state index is -1.24.